The van der Waals surface area contributed by atoms with Gasteiger partial charge < -0.3 is 15.0 Å². The number of halogens is 1. The summed E-state index contributed by atoms with van der Waals surface area (Å²) in [6, 6.07) is 20.2. The van der Waals surface area contributed by atoms with E-state index in [0.29, 0.717) is 27.8 Å². The molecule has 0 saturated heterocycles. The molecule has 1 aliphatic heterocycles. The Balaban J connectivity index is 1.73. The van der Waals surface area contributed by atoms with Crippen molar-refractivity contribution in [3.8, 4) is 11.5 Å². The van der Waals surface area contributed by atoms with Crippen LogP contribution < -0.4 is 10.1 Å². The second-order valence-corrected chi connectivity index (χ2v) is 7.07. The fourth-order valence-corrected chi connectivity index (χ4v) is 3.31. The number of hydrogen-bond acceptors (Lipinski definition) is 4. The molecule has 0 aromatic heterocycles. The van der Waals surface area contributed by atoms with E-state index in [-0.39, 0.29) is 5.91 Å². The molecule has 0 bridgehead atoms. The number of fused-ring (bicyclic) bond motifs is 2. The molecule has 3 aromatic carbocycles. The first-order chi connectivity index (χ1) is 14.1. The summed E-state index contributed by atoms with van der Waals surface area (Å²) in [7, 11) is 1.98. The summed E-state index contributed by atoms with van der Waals surface area (Å²) in [6.45, 7) is 2.83. The van der Waals surface area contributed by atoms with Crippen molar-refractivity contribution in [2.75, 3.05) is 18.9 Å². The van der Waals surface area contributed by atoms with Gasteiger partial charge in [-0.3, -0.25) is 4.79 Å². The van der Waals surface area contributed by atoms with Gasteiger partial charge in [0.2, 0.25) is 0 Å². The summed E-state index contributed by atoms with van der Waals surface area (Å²) in [4.78, 5) is 19.5. The molecular formula is C23H20ClN3O2. The maximum atomic E-state index is 12.7. The topological polar surface area (TPSA) is 53.9 Å². The Morgan fingerprint density at radius 3 is 2.62 bits per heavy atom. The van der Waals surface area contributed by atoms with Crippen LogP contribution in [0.4, 0.5) is 11.4 Å². The second kappa shape index (κ2) is 7.97. The SMILES string of the molecule is CCN(C)C1=Nc2ccccc2Oc2ccc(NC(=O)c3ccccc3Cl)cc21. The van der Waals surface area contributed by atoms with E-state index < -0.39 is 0 Å². The van der Waals surface area contributed by atoms with Crippen molar-refractivity contribution in [3.05, 3.63) is 82.9 Å². The van der Waals surface area contributed by atoms with E-state index in [1.54, 1.807) is 24.3 Å². The molecular weight excluding hydrogens is 386 g/mol. The highest BCUT2D eigenvalue weighted by molar-refractivity contribution is 6.34. The summed E-state index contributed by atoms with van der Waals surface area (Å²) >= 11 is 6.15. The van der Waals surface area contributed by atoms with Gasteiger partial charge in [0.15, 0.2) is 5.75 Å². The number of nitrogens with one attached hydrogen (secondary N) is 1. The molecule has 0 atom stereocenters. The Morgan fingerprint density at radius 2 is 1.83 bits per heavy atom. The van der Waals surface area contributed by atoms with Crippen molar-refractivity contribution in [2.24, 2.45) is 4.99 Å². The van der Waals surface area contributed by atoms with Crippen LogP contribution in [-0.4, -0.2) is 30.2 Å². The minimum atomic E-state index is -0.268. The third-order valence-corrected chi connectivity index (χ3v) is 5.07. The number of para-hydroxylation sites is 2. The van der Waals surface area contributed by atoms with E-state index in [1.807, 2.05) is 54.4 Å². The molecule has 0 radical (unpaired) electrons. The minimum absolute atomic E-state index is 0.268. The first kappa shape index (κ1) is 19.0. The number of carbonyl (C=O) groups is 1. The fourth-order valence-electron chi connectivity index (χ4n) is 3.08. The minimum Gasteiger partial charge on any atom is -0.454 e. The molecule has 146 valence electrons. The number of hydrogen-bond donors (Lipinski definition) is 1. The lowest BCUT2D eigenvalue weighted by molar-refractivity contribution is 0.102. The quantitative estimate of drug-likeness (QED) is 0.605. The van der Waals surface area contributed by atoms with Gasteiger partial charge in [0, 0.05) is 19.3 Å². The molecule has 0 spiro atoms. The Kier molecular flexibility index (Phi) is 5.23. The molecule has 1 heterocycles. The molecule has 0 saturated carbocycles. The van der Waals surface area contributed by atoms with Crippen LogP contribution in [0, 0.1) is 0 Å². The number of anilines is 1. The summed E-state index contributed by atoms with van der Waals surface area (Å²) < 4.78 is 6.12. The predicted molar refractivity (Wildman–Crippen MR) is 117 cm³/mol. The van der Waals surface area contributed by atoms with Gasteiger partial charge in [0.25, 0.3) is 5.91 Å². The number of carbonyl (C=O) groups excluding carboxylic acids is 1. The highest BCUT2D eigenvalue weighted by Crippen LogP contribution is 2.38. The monoisotopic (exact) mass is 405 g/mol. The summed E-state index contributed by atoms with van der Waals surface area (Å²) in [5.41, 5.74) is 2.64. The number of benzene rings is 3. The molecule has 5 nitrogen and oxygen atoms in total. The summed E-state index contributed by atoms with van der Waals surface area (Å²) in [5.74, 6) is 1.89. The largest absolute Gasteiger partial charge is 0.454 e. The van der Waals surface area contributed by atoms with E-state index in [0.717, 1.165) is 23.6 Å². The van der Waals surface area contributed by atoms with E-state index in [2.05, 4.69) is 12.2 Å². The van der Waals surface area contributed by atoms with Gasteiger partial charge in [-0.2, -0.15) is 0 Å². The number of ether oxygens (including phenoxy) is 1. The van der Waals surface area contributed by atoms with Crippen LogP contribution in [0.3, 0.4) is 0 Å². The summed E-state index contributed by atoms with van der Waals surface area (Å²) in [6.07, 6.45) is 0. The zero-order valence-corrected chi connectivity index (χ0v) is 16.9. The van der Waals surface area contributed by atoms with Gasteiger partial charge >= 0.3 is 0 Å². The Labute approximate surface area is 174 Å². The van der Waals surface area contributed by atoms with Gasteiger partial charge in [0.1, 0.15) is 17.3 Å². The zero-order valence-electron chi connectivity index (χ0n) is 16.1. The van der Waals surface area contributed by atoms with Gasteiger partial charge in [-0.15, -0.1) is 0 Å². The molecule has 3 aromatic rings. The van der Waals surface area contributed by atoms with Gasteiger partial charge in [-0.25, -0.2) is 4.99 Å². The summed E-state index contributed by atoms with van der Waals surface area (Å²) in [5, 5.41) is 3.32. The first-order valence-corrected chi connectivity index (χ1v) is 9.71. The van der Waals surface area contributed by atoms with Gasteiger partial charge in [-0.1, -0.05) is 35.9 Å². The van der Waals surface area contributed by atoms with Crippen LogP contribution in [0.5, 0.6) is 11.5 Å². The molecule has 1 amide bonds. The van der Waals surface area contributed by atoms with E-state index in [4.69, 9.17) is 21.3 Å². The smallest absolute Gasteiger partial charge is 0.257 e. The third kappa shape index (κ3) is 3.82. The van der Waals surface area contributed by atoms with Crippen molar-refractivity contribution in [1.29, 1.82) is 0 Å². The highest BCUT2D eigenvalue weighted by Gasteiger charge is 2.21. The van der Waals surface area contributed by atoms with Crippen molar-refractivity contribution in [2.45, 2.75) is 6.92 Å². The molecule has 29 heavy (non-hydrogen) atoms. The number of rotatable bonds is 3. The van der Waals surface area contributed by atoms with Crippen molar-refractivity contribution in [3.63, 3.8) is 0 Å². The Bertz CT molecular complexity index is 1110. The molecule has 6 heteroatoms. The molecule has 1 N–H and O–H groups in total. The second-order valence-electron chi connectivity index (χ2n) is 6.66. The van der Waals surface area contributed by atoms with E-state index >= 15 is 0 Å². The average Bonchev–Trinajstić information content (AvgIpc) is 2.90. The van der Waals surface area contributed by atoms with Crippen molar-refractivity contribution >= 4 is 34.7 Å². The highest BCUT2D eigenvalue weighted by atomic mass is 35.5. The van der Waals surface area contributed by atoms with Gasteiger partial charge in [-0.05, 0) is 49.4 Å². The number of amides is 1. The van der Waals surface area contributed by atoms with Crippen LogP contribution in [0.25, 0.3) is 0 Å². The maximum Gasteiger partial charge on any atom is 0.257 e. The van der Waals surface area contributed by atoms with E-state index in [1.165, 1.54) is 0 Å². The predicted octanol–water partition coefficient (Wildman–Crippen LogP) is 5.73. The van der Waals surface area contributed by atoms with Crippen LogP contribution in [-0.2, 0) is 0 Å². The van der Waals surface area contributed by atoms with E-state index in [9.17, 15) is 4.79 Å². The zero-order chi connectivity index (χ0) is 20.4. The lowest BCUT2D eigenvalue weighted by Gasteiger charge is -2.20. The Hall–Kier alpha value is -3.31. The maximum absolute atomic E-state index is 12.7. The molecule has 1 aliphatic rings. The normalized spacial score (nSPS) is 12.0. The molecule has 4 rings (SSSR count). The van der Waals surface area contributed by atoms with Crippen molar-refractivity contribution < 1.29 is 9.53 Å². The third-order valence-electron chi connectivity index (χ3n) is 4.74. The lowest BCUT2D eigenvalue weighted by Crippen LogP contribution is -2.27. The van der Waals surface area contributed by atoms with Gasteiger partial charge in [0.05, 0.1) is 16.1 Å². The number of amidine groups is 1. The van der Waals surface area contributed by atoms with Crippen LogP contribution in [0.2, 0.25) is 5.02 Å². The average molecular weight is 406 g/mol. The molecule has 0 fully saturated rings. The lowest BCUT2D eigenvalue weighted by atomic mass is 10.1. The van der Waals surface area contributed by atoms with Crippen LogP contribution in [0.1, 0.15) is 22.8 Å². The fraction of sp³-hybridized carbons (Fsp3) is 0.130. The van der Waals surface area contributed by atoms with Crippen LogP contribution >= 0.6 is 11.6 Å². The Morgan fingerprint density at radius 1 is 1.07 bits per heavy atom. The number of nitrogens with zero attached hydrogens (tertiary/aromatic N) is 2. The van der Waals surface area contributed by atoms with Crippen molar-refractivity contribution in [1.82, 2.24) is 4.90 Å². The van der Waals surface area contributed by atoms with Crippen LogP contribution in [0.15, 0.2) is 71.7 Å². The molecule has 0 aliphatic carbocycles. The molecule has 0 unspecified atom stereocenters. The first-order valence-electron chi connectivity index (χ1n) is 9.34. The number of aliphatic imine (C=N–C) groups is 1. The standard InChI is InChI=1S/C23H20ClN3O2/c1-3-27(2)22-17-14-15(25-23(28)16-8-4-5-9-18(16)24)12-13-20(17)29-21-11-7-6-10-19(21)26-22/h4-14H,3H2,1-2H3,(H,25,28).